The van der Waals surface area contributed by atoms with Gasteiger partial charge in [-0.15, -0.1) is 0 Å². The maximum Gasteiger partial charge on any atom is 0.285 e. The highest BCUT2D eigenvalue weighted by molar-refractivity contribution is 5.93. The summed E-state index contributed by atoms with van der Waals surface area (Å²) in [5.41, 5.74) is 9.48. The molecule has 1 amide bonds. The molecule has 3 heterocycles. The van der Waals surface area contributed by atoms with E-state index in [2.05, 4.69) is 10.1 Å². The number of aromatic nitrogens is 3. The Balaban J connectivity index is 1.93. The van der Waals surface area contributed by atoms with Crippen molar-refractivity contribution in [2.45, 2.75) is 0 Å². The first kappa shape index (κ1) is 13.3. The van der Waals surface area contributed by atoms with Gasteiger partial charge in [0.1, 0.15) is 12.0 Å². The van der Waals surface area contributed by atoms with E-state index in [9.17, 15) is 4.79 Å². The average molecular weight is 304 g/mol. The molecule has 0 unspecified atom stereocenters. The lowest BCUT2D eigenvalue weighted by molar-refractivity contribution is 0.0990. The molecule has 1 aromatic carbocycles. The summed E-state index contributed by atoms with van der Waals surface area (Å²) in [6.45, 7) is 0. The number of imidazole rings is 1. The summed E-state index contributed by atoms with van der Waals surface area (Å²) in [6.07, 6.45) is 3.30. The molecule has 0 saturated carbocycles. The molecule has 2 N–H and O–H groups in total. The standard InChI is InChI=1S/C17H12N4O2/c18-16(22)17-19-15(14-6-1-2-8-21(14)17)12-5-3-4-11(10-12)13-7-9-23-20-13/h1-10H,(H2,18,22). The number of benzene rings is 1. The first-order valence-electron chi connectivity index (χ1n) is 7.02. The molecule has 23 heavy (non-hydrogen) atoms. The van der Waals surface area contributed by atoms with Gasteiger partial charge in [-0.3, -0.25) is 9.20 Å². The van der Waals surface area contributed by atoms with Gasteiger partial charge in [0.05, 0.1) is 11.2 Å². The maximum absolute atomic E-state index is 11.6. The molecule has 0 saturated heterocycles. The number of primary amides is 1. The van der Waals surface area contributed by atoms with Crippen LogP contribution in [0.1, 0.15) is 10.6 Å². The van der Waals surface area contributed by atoms with Gasteiger partial charge in [0.25, 0.3) is 5.91 Å². The van der Waals surface area contributed by atoms with Crippen molar-refractivity contribution in [1.29, 1.82) is 0 Å². The van der Waals surface area contributed by atoms with Crippen LogP contribution < -0.4 is 5.73 Å². The minimum Gasteiger partial charge on any atom is -0.364 e. The number of nitrogens with zero attached hydrogens (tertiary/aromatic N) is 3. The zero-order chi connectivity index (χ0) is 15.8. The van der Waals surface area contributed by atoms with Gasteiger partial charge in [0.15, 0.2) is 0 Å². The summed E-state index contributed by atoms with van der Waals surface area (Å²) in [4.78, 5) is 16.1. The summed E-state index contributed by atoms with van der Waals surface area (Å²) in [7, 11) is 0. The van der Waals surface area contributed by atoms with Crippen molar-refractivity contribution in [1.82, 2.24) is 14.5 Å². The molecule has 0 aliphatic carbocycles. The second-order valence-corrected chi connectivity index (χ2v) is 5.07. The molecule has 4 aromatic rings. The number of hydrogen-bond donors (Lipinski definition) is 1. The average Bonchev–Trinajstić information content (AvgIpc) is 3.23. The zero-order valence-electron chi connectivity index (χ0n) is 12.0. The van der Waals surface area contributed by atoms with Crippen LogP contribution in [0.5, 0.6) is 0 Å². The van der Waals surface area contributed by atoms with Crippen LogP contribution >= 0.6 is 0 Å². The Labute approximate surface area is 131 Å². The first-order chi connectivity index (χ1) is 11.2. The van der Waals surface area contributed by atoms with E-state index in [-0.39, 0.29) is 5.82 Å². The predicted octanol–water partition coefficient (Wildman–Crippen LogP) is 2.76. The number of amides is 1. The van der Waals surface area contributed by atoms with E-state index in [0.717, 1.165) is 22.3 Å². The van der Waals surface area contributed by atoms with Crippen LogP contribution in [-0.2, 0) is 0 Å². The molecule has 0 fully saturated rings. The second-order valence-electron chi connectivity index (χ2n) is 5.07. The van der Waals surface area contributed by atoms with E-state index in [1.165, 1.54) is 6.26 Å². The molecule has 0 spiro atoms. The van der Waals surface area contributed by atoms with E-state index in [0.29, 0.717) is 5.69 Å². The molecule has 0 atom stereocenters. The van der Waals surface area contributed by atoms with E-state index in [1.54, 1.807) is 16.7 Å². The fourth-order valence-electron chi connectivity index (χ4n) is 2.61. The molecule has 0 aliphatic heterocycles. The lowest BCUT2D eigenvalue weighted by Gasteiger charge is -2.01. The maximum atomic E-state index is 11.6. The normalized spacial score (nSPS) is 11.0. The molecule has 3 aromatic heterocycles. The quantitative estimate of drug-likeness (QED) is 0.630. The van der Waals surface area contributed by atoms with Crippen molar-refractivity contribution >= 4 is 11.4 Å². The van der Waals surface area contributed by atoms with Gasteiger partial charge in [0, 0.05) is 23.4 Å². The van der Waals surface area contributed by atoms with Crippen molar-refractivity contribution in [3.8, 4) is 22.5 Å². The lowest BCUT2D eigenvalue weighted by atomic mass is 10.1. The molecule has 0 radical (unpaired) electrons. The molecular formula is C17H12N4O2. The van der Waals surface area contributed by atoms with E-state index < -0.39 is 5.91 Å². The van der Waals surface area contributed by atoms with Crippen molar-refractivity contribution in [2.24, 2.45) is 5.73 Å². The monoisotopic (exact) mass is 304 g/mol. The highest BCUT2D eigenvalue weighted by Gasteiger charge is 2.16. The minimum absolute atomic E-state index is 0.211. The largest absolute Gasteiger partial charge is 0.364 e. The Kier molecular flexibility index (Phi) is 2.94. The Bertz CT molecular complexity index is 1000. The van der Waals surface area contributed by atoms with Crippen LogP contribution in [0.25, 0.3) is 28.0 Å². The first-order valence-corrected chi connectivity index (χ1v) is 7.02. The van der Waals surface area contributed by atoms with Crippen LogP contribution in [0, 0.1) is 0 Å². The highest BCUT2D eigenvalue weighted by atomic mass is 16.5. The van der Waals surface area contributed by atoms with Crippen LogP contribution in [-0.4, -0.2) is 20.4 Å². The summed E-state index contributed by atoms with van der Waals surface area (Å²) in [5, 5.41) is 3.94. The van der Waals surface area contributed by atoms with E-state index in [1.807, 2.05) is 42.5 Å². The smallest absolute Gasteiger partial charge is 0.285 e. The topological polar surface area (TPSA) is 86.4 Å². The van der Waals surface area contributed by atoms with Gasteiger partial charge in [-0.25, -0.2) is 4.98 Å². The Hall–Kier alpha value is -3.41. The number of hydrogen-bond acceptors (Lipinski definition) is 4. The number of pyridine rings is 1. The number of rotatable bonds is 3. The summed E-state index contributed by atoms with van der Waals surface area (Å²) in [6, 6.07) is 15.2. The minimum atomic E-state index is -0.565. The van der Waals surface area contributed by atoms with Gasteiger partial charge in [-0.2, -0.15) is 0 Å². The third kappa shape index (κ3) is 2.17. The molecule has 6 nitrogen and oxygen atoms in total. The number of fused-ring (bicyclic) bond motifs is 1. The summed E-state index contributed by atoms with van der Waals surface area (Å²) in [5.74, 6) is -0.354. The van der Waals surface area contributed by atoms with Crippen molar-refractivity contribution in [3.63, 3.8) is 0 Å². The molecule has 6 heteroatoms. The van der Waals surface area contributed by atoms with Gasteiger partial charge in [-0.1, -0.05) is 29.4 Å². The Morgan fingerprint density at radius 2 is 1.96 bits per heavy atom. The van der Waals surface area contributed by atoms with Crippen LogP contribution in [0.3, 0.4) is 0 Å². The van der Waals surface area contributed by atoms with Crippen molar-refractivity contribution < 1.29 is 9.32 Å². The fourth-order valence-corrected chi connectivity index (χ4v) is 2.61. The van der Waals surface area contributed by atoms with Crippen molar-refractivity contribution in [2.75, 3.05) is 0 Å². The number of carbonyl (C=O) groups excluding carboxylic acids is 1. The third-order valence-electron chi connectivity index (χ3n) is 3.64. The molecule has 112 valence electrons. The van der Waals surface area contributed by atoms with E-state index in [4.69, 9.17) is 10.3 Å². The van der Waals surface area contributed by atoms with Crippen molar-refractivity contribution in [3.05, 3.63) is 66.8 Å². The summed E-state index contributed by atoms with van der Waals surface area (Å²) < 4.78 is 6.58. The third-order valence-corrected chi connectivity index (χ3v) is 3.64. The van der Waals surface area contributed by atoms with Gasteiger partial charge in [0.2, 0.25) is 5.82 Å². The van der Waals surface area contributed by atoms with Crippen LogP contribution in [0.15, 0.2) is 65.5 Å². The van der Waals surface area contributed by atoms with Gasteiger partial charge in [-0.05, 0) is 18.2 Å². The molecule has 0 aliphatic rings. The van der Waals surface area contributed by atoms with E-state index >= 15 is 0 Å². The van der Waals surface area contributed by atoms with Gasteiger partial charge < -0.3 is 10.3 Å². The SMILES string of the molecule is NC(=O)c1nc(-c2cccc(-c3ccon3)c2)c2ccccn12. The number of carbonyl (C=O) groups is 1. The second kappa shape index (κ2) is 5.10. The van der Waals surface area contributed by atoms with Crippen LogP contribution in [0.4, 0.5) is 0 Å². The Morgan fingerprint density at radius 3 is 2.74 bits per heavy atom. The number of nitrogens with two attached hydrogens (primary N) is 1. The molecule has 0 bridgehead atoms. The zero-order valence-corrected chi connectivity index (χ0v) is 12.0. The highest BCUT2D eigenvalue weighted by Crippen LogP contribution is 2.28. The predicted molar refractivity (Wildman–Crippen MR) is 84.6 cm³/mol. The summed E-state index contributed by atoms with van der Waals surface area (Å²) >= 11 is 0. The Morgan fingerprint density at radius 1 is 1.09 bits per heavy atom. The lowest BCUT2D eigenvalue weighted by Crippen LogP contribution is -2.14. The molecule has 4 rings (SSSR count). The van der Waals surface area contributed by atoms with Gasteiger partial charge >= 0.3 is 0 Å². The fraction of sp³-hybridized carbons (Fsp3) is 0. The van der Waals surface area contributed by atoms with Crippen LogP contribution in [0.2, 0.25) is 0 Å². The molecular weight excluding hydrogens is 292 g/mol.